The number of carbonyl (C=O) groups excluding carboxylic acids is 2. The van der Waals surface area contributed by atoms with Gasteiger partial charge in [0.15, 0.2) is 23.0 Å². The molecule has 200 valence electrons. The number of esters is 2. The molecule has 0 unspecified atom stereocenters. The molecular weight excluding hydrogens is 484 g/mol. The fraction of sp³-hybridized carbons (Fsp3) is 0.481. The Labute approximate surface area is 215 Å². The Morgan fingerprint density at radius 3 is 1.81 bits per heavy atom. The third-order valence-electron chi connectivity index (χ3n) is 6.84. The molecule has 4 atom stereocenters. The zero-order valence-electron chi connectivity index (χ0n) is 21.8. The zero-order chi connectivity index (χ0) is 26.7. The molecule has 0 bridgehead atoms. The molecule has 10 heteroatoms. The van der Waals surface area contributed by atoms with Crippen LogP contribution < -0.4 is 23.7 Å². The average Bonchev–Trinajstić information content (AvgIpc) is 3.35. The maximum atomic E-state index is 11.9. The van der Waals surface area contributed by atoms with Crippen molar-refractivity contribution < 1.29 is 47.5 Å². The van der Waals surface area contributed by atoms with Gasteiger partial charge in [-0.15, -0.1) is 0 Å². The first-order valence-electron chi connectivity index (χ1n) is 11.9. The van der Waals surface area contributed by atoms with Crippen LogP contribution in [0, 0.1) is 11.8 Å². The second-order valence-corrected chi connectivity index (χ2v) is 8.86. The van der Waals surface area contributed by atoms with Gasteiger partial charge >= 0.3 is 11.9 Å². The van der Waals surface area contributed by atoms with Gasteiger partial charge in [0.2, 0.25) is 12.5 Å². The van der Waals surface area contributed by atoms with Gasteiger partial charge in [0, 0.05) is 38.7 Å². The Morgan fingerprint density at radius 1 is 0.784 bits per heavy atom. The third-order valence-corrected chi connectivity index (χ3v) is 6.84. The SMILES string of the molecule is COc1cc([C@@H]2c3cc4c(cc3[C@H](OC)[C@@H](COC(C)=O)[C@@H]2COC(C)=O)OCO4)cc(OC)c1OC. The Balaban J connectivity index is 1.96. The van der Waals surface area contributed by atoms with Crippen molar-refractivity contribution in [2.45, 2.75) is 25.9 Å². The topological polar surface area (TPSA) is 108 Å². The first-order chi connectivity index (χ1) is 17.8. The van der Waals surface area contributed by atoms with E-state index in [4.69, 9.17) is 37.9 Å². The lowest BCUT2D eigenvalue weighted by atomic mass is 9.65. The van der Waals surface area contributed by atoms with Crippen molar-refractivity contribution in [1.29, 1.82) is 0 Å². The molecule has 2 aromatic carbocycles. The molecule has 2 aromatic rings. The Bertz CT molecular complexity index is 1140. The molecule has 0 fully saturated rings. The van der Waals surface area contributed by atoms with E-state index in [1.54, 1.807) is 28.4 Å². The lowest BCUT2D eigenvalue weighted by molar-refractivity contribution is -0.151. The van der Waals surface area contributed by atoms with E-state index >= 15 is 0 Å². The minimum atomic E-state index is -0.470. The molecule has 10 nitrogen and oxygen atoms in total. The Morgan fingerprint density at radius 2 is 1.32 bits per heavy atom. The summed E-state index contributed by atoms with van der Waals surface area (Å²) in [6, 6.07) is 7.58. The number of ether oxygens (including phenoxy) is 8. The summed E-state index contributed by atoms with van der Waals surface area (Å²) < 4.78 is 45.1. The molecule has 1 heterocycles. The summed E-state index contributed by atoms with van der Waals surface area (Å²) in [6.07, 6.45) is -0.470. The summed E-state index contributed by atoms with van der Waals surface area (Å²) >= 11 is 0. The molecule has 0 radical (unpaired) electrons. The first kappa shape index (κ1) is 26.4. The van der Waals surface area contributed by atoms with E-state index in [2.05, 4.69) is 0 Å². The molecule has 37 heavy (non-hydrogen) atoms. The van der Waals surface area contributed by atoms with Crippen LogP contribution in [0.1, 0.15) is 42.6 Å². The predicted molar refractivity (Wildman–Crippen MR) is 131 cm³/mol. The summed E-state index contributed by atoms with van der Waals surface area (Å²) in [5.74, 6) is 0.760. The van der Waals surface area contributed by atoms with Crippen molar-refractivity contribution in [3.05, 3.63) is 41.0 Å². The maximum absolute atomic E-state index is 11.9. The number of hydrogen-bond donors (Lipinski definition) is 0. The van der Waals surface area contributed by atoms with Crippen molar-refractivity contribution in [3.63, 3.8) is 0 Å². The number of rotatable bonds is 9. The lowest BCUT2D eigenvalue weighted by Gasteiger charge is -2.43. The maximum Gasteiger partial charge on any atom is 0.302 e. The fourth-order valence-corrected chi connectivity index (χ4v) is 5.29. The molecule has 1 aliphatic heterocycles. The molecule has 0 aromatic heterocycles. The van der Waals surface area contributed by atoms with Crippen molar-refractivity contribution in [2.24, 2.45) is 11.8 Å². The summed E-state index contributed by atoms with van der Waals surface area (Å²) in [5.41, 5.74) is 2.59. The van der Waals surface area contributed by atoms with E-state index in [9.17, 15) is 9.59 Å². The van der Waals surface area contributed by atoms with Gasteiger partial charge in [0.25, 0.3) is 0 Å². The normalized spacial score (nSPS) is 21.6. The molecule has 0 amide bonds. The fourth-order valence-electron chi connectivity index (χ4n) is 5.29. The van der Waals surface area contributed by atoms with Crippen molar-refractivity contribution in [3.8, 4) is 28.7 Å². The van der Waals surface area contributed by atoms with Gasteiger partial charge in [-0.1, -0.05) is 0 Å². The van der Waals surface area contributed by atoms with Gasteiger partial charge in [0.05, 0.1) is 40.6 Å². The Kier molecular flexibility index (Phi) is 7.97. The minimum Gasteiger partial charge on any atom is -0.493 e. The molecule has 0 saturated carbocycles. The number of fused-ring (bicyclic) bond motifs is 2. The highest BCUT2D eigenvalue weighted by molar-refractivity contribution is 5.66. The van der Waals surface area contributed by atoms with E-state index in [0.29, 0.717) is 28.7 Å². The Hall–Kier alpha value is -3.66. The molecule has 0 saturated heterocycles. The molecule has 1 aliphatic carbocycles. The molecular formula is C27H32O10. The van der Waals surface area contributed by atoms with Crippen LogP contribution in [0.2, 0.25) is 0 Å². The van der Waals surface area contributed by atoms with Crippen LogP contribution in [0.5, 0.6) is 28.7 Å². The van der Waals surface area contributed by atoms with E-state index in [1.807, 2.05) is 24.3 Å². The molecule has 4 rings (SSSR count). The second kappa shape index (κ2) is 11.2. The second-order valence-electron chi connectivity index (χ2n) is 8.86. The van der Waals surface area contributed by atoms with Crippen molar-refractivity contribution >= 4 is 11.9 Å². The van der Waals surface area contributed by atoms with Gasteiger partial charge in [-0.25, -0.2) is 0 Å². The van der Waals surface area contributed by atoms with Gasteiger partial charge in [-0.3, -0.25) is 9.59 Å². The van der Waals surface area contributed by atoms with Crippen molar-refractivity contribution in [2.75, 3.05) is 48.4 Å². The number of benzene rings is 2. The molecule has 0 spiro atoms. The summed E-state index contributed by atoms with van der Waals surface area (Å²) in [6.45, 7) is 2.95. The van der Waals surface area contributed by atoms with E-state index in [0.717, 1.165) is 16.7 Å². The first-order valence-corrected chi connectivity index (χ1v) is 11.9. The molecule has 2 aliphatic rings. The molecule has 0 N–H and O–H groups in total. The van der Waals surface area contributed by atoms with Gasteiger partial charge in [0.1, 0.15) is 0 Å². The van der Waals surface area contributed by atoms with Crippen LogP contribution in [0.25, 0.3) is 0 Å². The minimum absolute atomic E-state index is 0.0641. The van der Waals surface area contributed by atoms with Gasteiger partial charge in [-0.2, -0.15) is 0 Å². The van der Waals surface area contributed by atoms with Crippen LogP contribution in [-0.4, -0.2) is 60.4 Å². The van der Waals surface area contributed by atoms with Gasteiger partial charge in [-0.05, 0) is 41.0 Å². The van der Waals surface area contributed by atoms with Crippen LogP contribution in [-0.2, 0) is 23.8 Å². The summed E-state index contributed by atoms with van der Waals surface area (Å²) in [7, 11) is 6.24. The smallest absolute Gasteiger partial charge is 0.302 e. The highest BCUT2D eigenvalue weighted by Crippen LogP contribution is 2.54. The number of methoxy groups -OCH3 is 4. The van der Waals surface area contributed by atoms with Gasteiger partial charge < -0.3 is 37.9 Å². The quantitative estimate of drug-likeness (QED) is 0.459. The van der Waals surface area contributed by atoms with Crippen LogP contribution in [0.15, 0.2) is 24.3 Å². The lowest BCUT2D eigenvalue weighted by Crippen LogP contribution is -2.40. The average molecular weight is 517 g/mol. The summed E-state index contributed by atoms with van der Waals surface area (Å²) in [4.78, 5) is 23.7. The standard InChI is InChI=1S/C27H32O10/c1-14(28)34-11-19-20(12-35-15(2)29)26(32-5)18-10-22-21(36-13-37-22)9-17(18)25(19)16-7-23(30-3)27(33-6)24(8-16)31-4/h7-10,19-20,25-26H,11-13H2,1-6H3/t19-,20-,25+,26-/m0/s1. The number of carbonyl (C=O) groups is 2. The summed E-state index contributed by atoms with van der Waals surface area (Å²) in [5, 5.41) is 0. The van der Waals surface area contributed by atoms with Crippen LogP contribution in [0.3, 0.4) is 0 Å². The third kappa shape index (κ3) is 5.11. The highest BCUT2D eigenvalue weighted by Gasteiger charge is 2.46. The van der Waals surface area contributed by atoms with Crippen molar-refractivity contribution in [1.82, 2.24) is 0 Å². The van der Waals surface area contributed by atoms with Crippen LogP contribution in [0.4, 0.5) is 0 Å². The highest BCUT2D eigenvalue weighted by atomic mass is 16.7. The monoisotopic (exact) mass is 516 g/mol. The number of hydrogen-bond acceptors (Lipinski definition) is 10. The zero-order valence-corrected chi connectivity index (χ0v) is 21.8. The van der Waals surface area contributed by atoms with E-state index < -0.39 is 18.0 Å². The van der Waals surface area contributed by atoms with Crippen LogP contribution >= 0.6 is 0 Å². The predicted octanol–water partition coefficient (Wildman–Crippen LogP) is 3.63. The van der Waals surface area contributed by atoms with E-state index in [-0.39, 0.29) is 37.8 Å². The van der Waals surface area contributed by atoms with E-state index in [1.165, 1.54) is 13.8 Å². The largest absolute Gasteiger partial charge is 0.493 e.